The predicted octanol–water partition coefficient (Wildman–Crippen LogP) is 3.13. The summed E-state index contributed by atoms with van der Waals surface area (Å²) in [4.78, 5) is 0. The summed E-state index contributed by atoms with van der Waals surface area (Å²) in [6.45, 7) is 0.582. The van der Waals surface area contributed by atoms with Crippen LogP contribution in [0.25, 0.3) is 0 Å². The zero-order valence-corrected chi connectivity index (χ0v) is 11.5. The topological polar surface area (TPSA) is 49.7 Å². The van der Waals surface area contributed by atoms with Gasteiger partial charge in [0.05, 0.1) is 6.61 Å². The van der Waals surface area contributed by atoms with Gasteiger partial charge in [-0.2, -0.15) is 0 Å². The van der Waals surface area contributed by atoms with Gasteiger partial charge in [0.25, 0.3) is 0 Å². The Balaban J connectivity index is 2.07. The van der Waals surface area contributed by atoms with Crippen LogP contribution >= 0.6 is 0 Å². The van der Waals surface area contributed by atoms with Crippen LogP contribution in [-0.2, 0) is 4.74 Å². The Morgan fingerprint density at radius 1 is 0.611 bits per heavy atom. The summed E-state index contributed by atoms with van der Waals surface area (Å²) in [6, 6.07) is 0. The van der Waals surface area contributed by atoms with Crippen LogP contribution in [0.15, 0.2) is 0 Å². The lowest BCUT2D eigenvalue weighted by Crippen LogP contribution is -2.56. The first-order valence-electron chi connectivity index (χ1n) is 7.75. The van der Waals surface area contributed by atoms with Crippen LogP contribution in [0.5, 0.6) is 0 Å². The molecule has 3 heteroatoms. The molecule has 0 aromatic carbocycles. The first-order chi connectivity index (χ1) is 8.66. The van der Waals surface area contributed by atoms with Crippen molar-refractivity contribution in [3.05, 3.63) is 0 Å². The highest BCUT2D eigenvalue weighted by Gasteiger charge is 2.49. The lowest BCUT2D eigenvalue weighted by Gasteiger charge is -2.45. The average molecular weight is 256 g/mol. The van der Waals surface area contributed by atoms with E-state index in [1.54, 1.807) is 0 Å². The maximum atomic E-state index is 10.9. The van der Waals surface area contributed by atoms with E-state index in [1.165, 1.54) is 25.7 Å². The molecule has 0 radical (unpaired) electrons. The van der Waals surface area contributed by atoms with Gasteiger partial charge < -0.3 is 14.9 Å². The quantitative estimate of drug-likeness (QED) is 0.758. The van der Waals surface area contributed by atoms with Crippen molar-refractivity contribution in [2.24, 2.45) is 0 Å². The molecule has 0 amide bonds. The van der Waals surface area contributed by atoms with Crippen molar-refractivity contribution in [3.8, 4) is 0 Å². The minimum Gasteiger partial charge on any atom is -0.384 e. The Labute approximate surface area is 111 Å². The van der Waals surface area contributed by atoms with E-state index in [9.17, 15) is 10.2 Å². The SMILES string of the molecule is OC1(C2(O)CCCCCCO2)CCCCCCC1. The van der Waals surface area contributed by atoms with Crippen molar-refractivity contribution < 1.29 is 14.9 Å². The van der Waals surface area contributed by atoms with Crippen molar-refractivity contribution >= 4 is 0 Å². The molecule has 1 heterocycles. The summed E-state index contributed by atoms with van der Waals surface area (Å²) < 4.78 is 5.71. The van der Waals surface area contributed by atoms with Gasteiger partial charge in [0.15, 0.2) is 5.79 Å². The highest BCUT2D eigenvalue weighted by atomic mass is 16.6. The summed E-state index contributed by atoms with van der Waals surface area (Å²) in [6.07, 6.45) is 11.8. The lowest BCUT2D eigenvalue weighted by molar-refractivity contribution is -0.310. The highest BCUT2D eigenvalue weighted by molar-refractivity contribution is 4.94. The first kappa shape index (κ1) is 14.3. The van der Waals surface area contributed by atoms with E-state index in [4.69, 9.17) is 4.74 Å². The molecule has 0 aromatic heterocycles. The maximum absolute atomic E-state index is 10.9. The molecular weight excluding hydrogens is 228 g/mol. The van der Waals surface area contributed by atoms with Crippen LogP contribution in [0.4, 0.5) is 0 Å². The lowest BCUT2D eigenvalue weighted by atomic mass is 9.78. The minimum absolute atomic E-state index is 0.582. The number of hydrogen-bond acceptors (Lipinski definition) is 3. The molecule has 2 rings (SSSR count). The Morgan fingerprint density at radius 2 is 1.11 bits per heavy atom. The van der Waals surface area contributed by atoms with Gasteiger partial charge in [0.2, 0.25) is 0 Å². The van der Waals surface area contributed by atoms with Crippen LogP contribution in [-0.4, -0.2) is 28.2 Å². The Bertz CT molecular complexity index is 210. The number of ether oxygens (including phenoxy) is 1. The molecule has 18 heavy (non-hydrogen) atoms. The van der Waals surface area contributed by atoms with Gasteiger partial charge in [-0.05, 0) is 25.7 Å². The molecule has 1 aliphatic carbocycles. The second kappa shape index (κ2) is 6.36. The summed E-state index contributed by atoms with van der Waals surface area (Å²) in [5.41, 5.74) is -1.02. The van der Waals surface area contributed by atoms with Crippen LogP contribution < -0.4 is 0 Å². The molecule has 3 nitrogen and oxygen atoms in total. The minimum atomic E-state index is -1.30. The molecule has 2 N–H and O–H groups in total. The molecule has 106 valence electrons. The third-order valence-corrected chi connectivity index (χ3v) is 4.66. The van der Waals surface area contributed by atoms with Gasteiger partial charge in [-0.3, -0.25) is 0 Å². The van der Waals surface area contributed by atoms with E-state index in [0.717, 1.165) is 32.1 Å². The van der Waals surface area contributed by atoms with E-state index in [-0.39, 0.29) is 0 Å². The molecule has 1 unspecified atom stereocenters. The Hall–Kier alpha value is -0.120. The van der Waals surface area contributed by atoms with Crippen LogP contribution in [0.2, 0.25) is 0 Å². The van der Waals surface area contributed by atoms with Crippen LogP contribution in [0.3, 0.4) is 0 Å². The van der Waals surface area contributed by atoms with E-state index in [2.05, 4.69) is 0 Å². The normalized spacial score (nSPS) is 35.0. The van der Waals surface area contributed by atoms with Crippen LogP contribution in [0.1, 0.15) is 77.0 Å². The predicted molar refractivity (Wildman–Crippen MR) is 71.3 cm³/mol. The monoisotopic (exact) mass is 256 g/mol. The van der Waals surface area contributed by atoms with E-state index >= 15 is 0 Å². The molecular formula is C15H28O3. The van der Waals surface area contributed by atoms with E-state index < -0.39 is 11.4 Å². The standard InChI is InChI=1S/C15H28O3/c16-14(10-6-2-1-3-7-11-14)15(17)12-8-4-5-9-13-18-15/h16-17H,1-13H2. The fourth-order valence-corrected chi connectivity index (χ4v) is 3.38. The van der Waals surface area contributed by atoms with Crippen molar-refractivity contribution in [2.45, 2.75) is 88.4 Å². The van der Waals surface area contributed by atoms with Crippen LogP contribution in [0, 0.1) is 0 Å². The first-order valence-corrected chi connectivity index (χ1v) is 7.75. The van der Waals surface area contributed by atoms with Crippen molar-refractivity contribution in [2.75, 3.05) is 6.61 Å². The number of hydrogen-bond donors (Lipinski definition) is 2. The molecule has 0 spiro atoms. The second-order valence-corrected chi connectivity index (χ2v) is 6.10. The number of aliphatic hydroxyl groups is 2. The molecule has 1 aliphatic heterocycles. The maximum Gasteiger partial charge on any atom is 0.194 e. The summed E-state index contributed by atoms with van der Waals surface area (Å²) in [5.74, 6) is -1.30. The Morgan fingerprint density at radius 3 is 1.78 bits per heavy atom. The zero-order chi connectivity index (χ0) is 12.9. The fraction of sp³-hybridized carbons (Fsp3) is 1.00. The third kappa shape index (κ3) is 3.25. The molecule has 0 aromatic rings. The van der Waals surface area contributed by atoms with E-state index in [1.807, 2.05) is 0 Å². The largest absolute Gasteiger partial charge is 0.384 e. The van der Waals surface area contributed by atoms with Gasteiger partial charge in [-0.1, -0.05) is 44.9 Å². The third-order valence-electron chi connectivity index (χ3n) is 4.66. The van der Waals surface area contributed by atoms with Crippen molar-refractivity contribution in [1.29, 1.82) is 0 Å². The average Bonchev–Trinajstić information content (AvgIpc) is 2.29. The highest BCUT2D eigenvalue weighted by Crippen LogP contribution is 2.40. The molecule has 1 saturated heterocycles. The van der Waals surface area contributed by atoms with Crippen molar-refractivity contribution in [1.82, 2.24) is 0 Å². The van der Waals surface area contributed by atoms with Gasteiger partial charge in [0, 0.05) is 6.42 Å². The van der Waals surface area contributed by atoms with E-state index in [0.29, 0.717) is 25.9 Å². The smallest absolute Gasteiger partial charge is 0.194 e. The summed E-state index contributed by atoms with van der Waals surface area (Å²) in [5, 5.41) is 21.7. The Kier molecular flexibility index (Phi) is 5.05. The molecule has 2 aliphatic rings. The summed E-state index contributed by atoms with van der Waals surface area (Å²) in [7, 11) is 0. The molecule has 0 bridgehead atoms. The van der Waals surface area contributed by atoms with Gasteiger partial charge in [0.1, 0.15) is 5.60 Å². The molecule has 1 saturated carbocycles. The van der Waals surface area contributed by atoms with Gasteiger partial charge in [-0.15, -0.1) is 0 Å². The number of rotatable bonds is 1. The summed E-state index contributed by atoms with van der Waals surface area (Å²) >= 11 is 0. The molecule has 2 fully saturated rings. The van der Waals surface area contributed by atoms with Gasteiger partial charge in [-0.25, -0.2) is 0 Å². The molecule has 1 atom stereocenters. The van der Waals surface area contributed by atoms with Gasteiger partial charge >= 0.3 is 0 Å². The van der Waals surface area contributed by atoms with Crippen molar-refractivity contribution in [3.63, 3.8) is 0 Å². The second-order valence-electron chi connectivity index (χ2n) is 6.10. The zero-order valence-electron chi connectivity index (χ0n) is 11.5. The fourth-order valence-electron chi connectivity index (χ4n) is 3.38.